The number of sulfone groups is 1. The highest BCUT2D eigenvalue weighted by Gasteiger charge is 2.35. The van der Waals surface area contributed by atoms with E-state index in [4.69, 9.17) is 0 Å². The number of ether oxygens (including phenoxy) is 1. The zero-order valence-corrected chi connectivity index (χ0v) is 15.9. The Balaban J connectivity index is 1.95. The van der Waals surface area contributed by atoms with Gasteiger partial charge in [-0.05, 0) is 44.5 Å². The number of amides is 1. The van der Waals surface area contributed by atoms with E-state index in [0.29, 0.717) is 18.7 Å². The Hall–Kier alpha value is -1.97. The fourth-order valence-electron chi connectivity index (χ4n) is 2.99. The van der Waals surface area contributed by atoms with Crippen molar-refractivity contribution in [3.05, 3.63) is 24.3 Å². The minimum absolute atomic E-state index is 0.0233. The van der Waals surface area contributed by atoms with Crippen LogP contribution in [0.3, 0.4) is 0 Å². The molecule has 2 atom stereocenters. The molecule has 1 aromatic carbocycles. The maximum absolute atomic E-state index is 12.7. The third-order valence-corrected chi connectivity index (χ3v) is 6.03. The maximum atomic E-state index is 12.7. The number of carbonyl (C=O) groups is 1. The minimum atomic E-state index is -4.41. The zero-order chi connectivity index (χ0) is 20.2. The largest absolute Gasteiger partial charge is 0.484 e. The molecule has 1 aliphatic rings. The van der Waals surface area contributed by atoms with E-state index in [1.165, 1.54) is 24.3 Å². The van der Waals surface area contributed by atoms with Gasteiger partial charge in [-0.2, -0.15) is 13.2 Å². The van der Waals surface area contributed by atoms with Gasteiger partial charge in [0.05, 0.1) is 11.5 Å². The van der Waals surface area contributed by atoms with Gasteiger partial charge in [-0.1, -0.05) is 0 Å². The summed E-state index contributed by atoms with van der Waals surface area (Å²) in [6.07, 6.45) is -3.98. The highest BCUT2D eigenvalue weighted by molar-refractivity contribution is 7.91. The summed E-state index contributed by atoms with van der Waals surface area (Å²) >= 11 is 0. The van der Waals surface area contributed by atoms with Crippen LogP contribution in [0.1, 0.15) is 20.3 Å². The number of alkyl halides is 3. The number of carbonyl (C=O) groups excluding carboxylic acids is 1. The average molecular weight is 408 g/mol. The molecule has 1 heterocycles. The fourth-order valence-corrected chi connectivity index (χ4v) is 4.72. The van der Waals surface area contributed by atoms with Crippen molar-refractivity contribution in [2.45, 2.75) is 38.5 Å². The van der Waals surface area contributed by atoms with Crippen LogP contribution in [0.2, 0.25) is 0 Å². The predicted octanol–water partition coefficient (Wildman–Crippen LogP) is 2.46. The number of hydrogen-bond donors (Lipinski definition) is 1. The Morgan fingerprint density at radius 1 is 1.33 bits per heavy atom. The summed E-state index contributed by atoms with van der Waals surface area (Å²) in [7, 11) is -3.10. The Bertz CT molecular complexity index is 750. The van der Waals surface area contributed by atoms with Gasteiger partial charge in [0.2, 0.25) is 5.91 Å². The van der Waals surface area contributed by atoms with E-state index in [1.54, 1.807) is 18.7 Å². The molecule has 152 valence electrons. The molecule has 1 N–H and O–H groups in total. The first-order valence-corrected chi connectivity index (χ1v) is 10.4. The van der Waals surface area contributed by atoms with Crippen LogP contribution in [-0.2, 0) is 14.6 Å². The molecule has 1 amide bonds. The third-order valence-electron chi connectivity index (χ3n) is 4.28. The molecule has 0 aliphatic carbocycles. The van der Waals surface area contributed by atoms with Gasteiger partial charge in [-0.15, -0.1) is 0 Å². The normalized spacial score (nSPS) is 20.1. The summed E-state index contributed by atoms with van der Waals surface area (Å²) in [5.41, 5.74) is 0.547. The standard InChI is InChI=1S/C17H23F3N2O4S/c1-3-22(14-8-9-27(24,25)10-14)16(23)12(2)21-13-4-6-15(7-5-13)26-11-17(18,19)20/h4-7,12,14,21H,3,8-11H2,1-2H3/t12-,14-/m1/s1. The average Bonchev–Trinajstić information content (AvgIpc) is 2.93. The first-order valence-electron chi connectivity index (χ1n) is 8.58. The summed E-state index contributed by atoms with van der Waals surface area (Å²) in [6.45, 7) is 2.48. The van der Waals surface area contributed by atoms with Crippen molar-refractivity contribution in [2.24, 2.45) is 0 Å². The molecule has 27 heavy (non-hydrogen) atoms. The van der Waals surface area contributed by atoms with Crippen molar-refractivity contribution in [3.8, 4) is 5.75 Å². The molecule has 1 saturated heterocycles. The Labute approximate surface area is 156 Å². The van der Waals surface area contributed by atoms with Crippen molar-refractivity contribution < 1.29 is 31.1 Å². The zero-order valence-electron chi connectivity index (χ0n) is 15.1. The lowest BCUT2D eigenvalue weighted by molar-refractivity contribution is -0.153. The molecule has 0 bridgehead atoms. The lowest BCUT2D eigenvalue weighted by Crippen LogP contribution is -2.47. The molecule has 6 nitrogen and oxygen atoms in total. The summed E-state index contributed by atoms with van der Waals surface area (Å²) in [6, 6.07) is 4.86. The molecule has 0 radical (unpaired) electrons. The number of rotatable bonds is 7. The van der Waals surface area contributed by atoms with Crippen LogP contribution in [0, 0.1) is 0 Å². The molecular formula is C17H23F3N2O4S. The van der Waals surface area contributed by atoms with Crippen LogP contribution in [0.4, 0.5) is 18.9 Å². The van der Waals surface area contributed by atoms with Gasteiger partial charge in [0.15, 0.2) is 16.4 Å². The van der Waals surface area contributed by atoms with Gasteiger partial charge in [-0.3, -0.25) is 4.79 Å². The second-order valence-corrected chi connectivity index (χ2v) is 8.70. The Morgan fingerprint density at radius 2 is 1.96 bits per heavy atom. The lowest BCUT2D eigenvalue weighted by Gasteiger charge is -2.30. The number of benzene rings is 1. The summed E-state index contributed by atoms with van der Waals surface area (Å²) in [4.78, 5) is 14.2. The van der Waals surface area contributed by atoms with Crippen LogP contribution in [0.15, 0.2) is 24.3 Å². The molecule has 0 saturated carbocycles. The fraction of sp³-hybridized carbons (Fsp3) is 0.588. The number of nitrogens with zero attached hydrogens (tertiary/aromatic N) is 1. The van der Waals surface area contributed by atoms with Gasteiger partial charge < -0.3 is 15.0 Å². The van der Waals surface area contributed by atoms with E-state index in [2.05, 4.69) is 10.1 Å². The minimum Gasteiger partial charge on any atom is -0.484 e. The topological polar surface area (TPSA) is 75.7 Å². The van der Waals surface area contributed by atoms with Gasteiger partial charge in [0.1, 0.15) is 11.8 Å². The highest BCUT2D eigenvalue weighted by atomic mass is 32.2. The van der Waals surface area contributed by atoms with E-state index < -0.39 is 28.7 Å². The number of anilines is 1. The van der Waals surface area contributed by atoms with Gasteiger partial charge >= 0.3 is 6.18 Å². The molecule has 2 rings (SSSR count). The van der Waals surface area contributed by atoms with E-state index >= 15 is 0 Å². The number of halogens is 3. The quantitative estimate of drug-likeness (QED) is 0.750. The maximum Gasteiger partial charge on any atom is 0.422 e. The number of nitrogens with one attached hydrogen (secondary N) is 1. The summed E-state index contributed by atoms with van der Waals surface area (Å²) < 4.78 is 64.4. The third kappa shape index (κ3) is 6.30. The summed E-state index contributed by atoms with van der Waals surface area (Å²) in [5, 5.41) is 2.98. The number of hydrogen-bond acceptors (Lipinski definition) is 5. The van der Waals surface area contributed by atoms with Crippen LogP contribution < -0.4 is 10.1 Å². The molecule has 10 heteroatoms. The van der Waals surface area contributed by atoms with Crippen molar-refractivity contribution in [2.75, 3.05) is 30.0 Å². The van der Waals surface area contributed by atoms with E-state index in [0.717, 1.165) is 0 Å². The van der Waals surface area contributed by atoms with Crippen LogP contribution in [-0.4, -0.2) is 62.1 Å². The second-order valence-electron chi connectivity index (χ2n) is 6.48. The van der Waals surface area contributed by atoms with E-state index in [-0.39, 0.29) is 29.2 Å². The molecule has 1 fully saturated rings. The molecule has 0 unspecified atom stereocenters. The molecular weight excluding hydrogens is 385 g/mol. The van der Waals surface area contributed by atoms with E-state index in [1.807, 2.05) is 0 Å². The summed E-state index contributed by atoms with van der Waals surface area (Å²) in [5.74, 6) is -0.0899. The Kier molecular flexibility index (Phi) is 6.61. The van der Waals surface area contributed by atoms with E-state index in [9.17, 15) is 26.4 Å². The van der Waals surface area contributed by atoms with Crippen LogP contribution in [0.5, 0.6) is 5.75 Å². The molecule has 1 aromatic rings. The van der Waals surface area contributed by atoms with Gasteiger partial charge in [-0.25, -0.2) is 8.42 Å². The molecule has 0 aromatic heterocycles. The monoisotopic (exact) mass is 408 g/mol. The number of likely N-dealkylation sites (N-methyl/N-ethyl adjacent to an activating group) is 1. The highest BCUT2D eigenvalue weighted by Crippen LogP contribution is 2.22. The Morgan fingerprint density at radius 3 is 2.44 bits per heavy atom. The van der Waals surface area contributed by atoms with Crippen molar-refractivity contribution in [1.29, 1.82) is 0 Å². The van der Waals surface area contributed by atoms with Gasteiger partial charge in [0.25, 0.3) is 0 Å². The second kappa shape index (κ2) is 8.37. The first-order chi connectivity index (χ1) is 12.5. The van der Waals surface area contributed by atoms with Crippen molar-refractivity contribution in [3.63, 3.8) is 0 Å². The SMILES string of the molecule is CCN(C(=O)[C@@H](C)Nc1ccc(OCC(F)(F)F)cc1)[C@@H]1CCS(=O)(=O)C1. The van der Waals surface area contributed by atoms with Crippen molar-refractivity contribution in [1.82, 2.24) is 4.90 Å². The molecule has 1 aliphatic heterocycles. The smallest absolute Gasteiger partial charge is 0.422 e. The predicted molar refractivity (Wildman–Crippen MR) is 95.5 cm³/mol. The lowest BCUT2D eigenvalue weighted by atomic mass is 10.1. The van der Waals surface area contributed by atoms with Crippen molar-refractivity contribution >= 4 is 21.4 Å². The van der Waals surface area contributed by atoms with Crippen LogP contribution >= 0.6 is 0 Å². The first kappa shape index (κ1) is 21.3. The van der Waals surface area contributed by atoms with Crippen LogP contribution in [0.25, 0.3) is 0 Å². The van der Waals surface area contributed by atoms with Gasteiger partial charge in [0, 0.05) is 18.3 Å². The molecule has 0 spiro atoms.